The van der Waals surface area contributed by atoms with Crippen LogP contribution in [0.4, 0.5) is 5.82 Å². The van der Waals surface area contributed by atoms with E-state index in [4.69, 9.17) is 10.1 Å². The van der Waals surface area contributed by atoms with E-state index < -0.39 is 0 Å². The van der Waals surface area contributed by atoms with Gasteiger partial charge in [0.2, 0.25) is 0 Å². The van der Waals surface area contributed by atoms with Gasteiger partial charge in [0.1, 0.15) is 11.6 Å². The molecule has 0 amide bonds. The Morgan fingerprint density at radius 2 is 2.29 bits per heavy atom. The van der Waals surface area contributed by atoms with Crippen molar-refractivity contribution in [2.45, 2.75) is 58.1 Å². The van der Waals surface area contributed by atoms with Crippen LogP contribution in [0.1, 0.15) is 50.9 Å². The molecule has 1 saturated heterocycles. The highest BCUT2D eigenvalue weighted by Crippen LogP contribution is 2.17. The van der Waals surface area contributed by atoms with Crippen molar-refractivity contribution in [3.05, 3.63) is 21.7 Å². The van der Waals surface area contributed by atoms with Crippen LogP contribution >= 0.6 is 0 Å². The van der Waals surface area contributed by atoms with Crippen LogP contribution in [-0.4, -0.2) is 34.9 Å². The Hall–Kier alpha value is -1.69. The first-order valence-corrected chi connectivity index (χ1v) is 7.69. The van der Waals surface area contributed by atoms with Crippen LogP contribution in [0.2, 0.25) is 0 Å². The number of hydrogen-bond donors (Lipinski definition) is 3. The molecule has 3 N–H and O–H groups in total. The number of rotatable bonds is 7. The lowest BCUT2D eigenvalue weighted by Crippen LogP contribution is -2.26. The standard InChI is InChI=1S/C15H24N4O2/c1-3-10(4-2)17-14-12(9-16)15(20)19-13(18-14)8-11-6-5-7-21-11/h9-11,16H,3-8H2,1-2H3,(H2,17,18,19,20). The molecule has 6 nitrogen and oxygen atoms in total. The topological polar surface area (TPSA) is 90.9 Å². The summed E-state index contributed by atoms with van der Waals surface area (Å²) in [5, 5.41) is 10.7. The SMILES string of the molecule is CCC(CC)Nc1nc(CC2CCCO2)[nH]c(=O)c1C=N. The van der Waals surface area contributed by atoms with E-state index in [9.17, 15) is 4.79 Å². The van der Waals surface area contributed by atoms with Gasteiger partial charge in [-0.2, -0.15) is 0 Å². The summed E-state index contributed by atoms with van der Waals surface area (Å²) in [6.07, 6.45) is 5.78. The van der Waals surface area contributed by atoms with Gasteiger partial charge in [-0.15, -0.1) is 0 Å². The van der Waals surface area contributed by atoms with E-state index in [-0.39, 0.29) is 23.3 Å². The number of hydrogen-bond acceptors (Lipinski definition) is 5. The van der Waals surface area contributed by atoms with E-state index in [1.807, 2.05) is 0 Å². The lowest BCUT2D eigenvalue weighted by molar-refractivity contribution is 0.110. The Labute approximate surface area is 124 Å². The molecule has 1 aromatic rings. The maximum absolute atomic E-state index is 12.1. The van der Waals surface area contributed by atoms with Crippen molar-refractivity contribution < 1.29 is 4.74 Å². The van der Waals surface area contributed by atoms with Crippen LogP contribution in [-0.2, 0) is 11.2 Å². The number of anilines is 1. The van der Waals surface area contributed by atoms with Gasteiger partial charge in [0, 0.05) is 25.3 Å². The fourth-order valence-corrected chi connectivity index (χ4v) is 2.58. The summed E-state index contributed by atoms with van der Waals surface area (Å²) < 4.78 is 5.59. The molecule has 0 spiro atoms. The van der Waals surface area contributed by atoms with Crippen LogP contribution in [0.15, 0.2) is 4.79 Å². The van der Waals surface area contributed by atoms with E-state index in [0.717, 1.165) is 38.5 Å². The smallest absolute Gasteiger partial charge is 0.261 e. The molecule has 0 bridgehead atoms. The predicted octanol–water partition coefficient (Wildman–Crippen LogP) is 2.09. The fraction of sp³-hybridized carbons (Fsp3) is 0.667. The molecule has 1 unspecified atom stereocenters. The highest BCUT2D eigenvalue weighted by atomic mass is 16.5. The van der Waals surface area contributed by atoms with Gasteiger partial charge in [-0.05, 0) is 25.7 Å². The van der Waals surface area contributed by atoms with Gasteiger partial charge in [-0.1, -0.05) is 13.8 Å². The van der Waals surface area contributed by atoms with Crippen LogP contribution < -0.4 is 10.9 Å². The van der Waals surface area contributed by atoms with Gasteiger partial charge < -0.3 is 20.4 Å². The lowest BCUT2D eigenvalue weighted by atomic mass is 10.1. The second kappa shape index (κ2) is 7.36. The van der Waals surface area contributed by atoms with Crippen LogP contribution in [0, 0.1) is 5.41 Å². The van der Waals surface area contributed by atoms with E-state index in [1.54, 1.807) is 0 Å². The predicted molar refractivity (Wildman–Crippen MR) is 83.4 cm³/mol. The average Bonchev–Trinajstić information content (AvgIpc) is 2.97. The first-order chi connectivity index (χ1) is 10.2. The molecule has 0 aliphatic carbocycles. The van der Waals surface area contributed by atoms with Crippen molar-refractivity contribution in [1.82, 2.24) is 9.97 Å². The number of aromatic nitrogens is 2. The van der Waals surface area contributed by atoms with Gasteiger partial charge in [0.25, 0.3) is 5.56 Å². The van der Waals surface area contributed by atoms with E-state index >= 15 is 0 Å². The molecule has 1 atom stereocenters. The van der Waals surface area contributed by atoms with E-state index in [1.165, 1.54) is 0 Å². The number of ether oxygens (including phenoxy) is 1. The number of nitrogens with one attached hydrogen (secondary N) is 3. The quantitative estimate of drug-likeness (QED) is 0.671. The third-order valence-corrected chi connectivity index (χ3v) is 3.92. The zero-order valence-electron chi connectivity index (χ0n) is 12.7. The Morgan fingerprint density at radius 1 is 1.52 bits per heavy atom. The highest BCUT2D eigenvalue weighted by Gasteiger charge is 2.19. The van der Waals surface area contributed by atoms with Crippen molar-refractivity contribution in [3.8, 4) is 0 Å². The molecular formula is C15H24N4O2. The lowest BCUT2D eigenvalue weighted by Gasteiger charge is -2.18. The minimum absolute atomic E-state index is 0.139. The van der Waals surface area contributed by atoms with Gasteiger partial charge >= 0.3 is 0 Å². The summed E-state index contributed by atoms with van der Waals surface area (Å²) in [5.41, 5.74) is 0.0273. The van der Waals surface area contributed by atoms with Crippen LogP contribution in [0.5, 0.6) is 0 Å². The molecule has 0 saturated carbocycles. The fourth-order valence-electron chi connectivity index (χ4n) is 2.58. The molecule has 21 heavy (non-hydrogen) atoms. The first-order valence-electron chi connectivity index (χ1n) is 7.69. The molecule has 2 heterocycles. The van der Waals surface area contributed by atoms with E-state index in [0.29, 0.717) is 18.1 Å². The maximum Gasteiger partial charge on any atom is 0.261 e. The molecule has 1 aliphatic heterocycles. The van der Waals surface area contributed by atoms with Gasteiger partial charge in [0.05, 0.1) is 11.7 Å². The number of H-pyrrole nitrogens is 1. The minimum Gasteiger partial charge on any atom is -0.378 e. The van der Waals surface area contributed by atoms with E-state index in [2.05, 4.69) is 29.1 Å². The molecule has 0 radical (unpaired) electrons. The molecule has 0 aromatic carbocycles. The second-order valence-corrected chi connectivity index (χ2v) is 5.42. The van der Waals surface area contributed by atoms with Crippen LogP contribution in [0.3, 0.4) is 0 Å². The second-order valence-electron chi connectivity index (χ2n) is 5.42. The zero-order valence-corrected chi connectivity index (χ0v) is 12.7. The molecule has 2 rings (SSSR count). The van der Waals surface area contributed by atoms with Crippen molar-refractivity contribution in [1.29, 1.82) is 5.41 Å². The molecule has 116 valence electrons. The summed E-state index contributed by atoms with van der Waals surface area (Å²) in [4.78, 5) is 19.4. The summed E-state index contributed by atoms with van der Waals surface area (Å²) in [6.45, 7) is 4.96. The van der Waals surface area contributed by atoms with Crippen molar-refractivity contribution in [2.75, 3.05) is 11.9 Å². The average molecular weight is 292 g/mol. The third-order valence-electron chi connectivity index (χ3n) is 3.92. The molecule has 1 fully saturated rings. The Kier molecular flexibility index (Phi) is 5.50. The van der Waals surface area contributed by atoms with Crippen molar-refractivity contribution in [3.63, 3.8) is 0 Å². The number of nitrogens with zero attached hydrogens (tertiary/aromatic N) is 1. The third kappa shape index (κ3) is 3.91. The number of aromatic amines is 1. The van der Waals surface area contributed by atoms with Crippen molar-refractivity contribution in [2.24, 2.45) is 0 Å². The summed E-state index contributed by atoms with van der Waals surface area (Å²) >= 11 is 0. The molecular weight excluding hydrogens is 268 g/mol. The first kappa shape index (κ1) is 15.7. The summed E-state index contributed by atoms with van der Waals surface area (Å²) in [6, 6.07) is 0.258. The minimum atomic E-state index is -0.263. The monoisotopic (exact) mass is 292 g/mol. The Morgan fingerprint density at radius 3 is 2.86 bits per heavy atom. The van der Waals surface area contributed by atoms with Crippen LogP contribution in [0.25, 0.3) is 0 Å². The van der Waals surface area contributed by atoms with Gasteiger partial charge in [0.15, 0.2) is 0 Å². The molecule has 1 aromatic heterocycles. The van der Waals surface area contributed by atoms with Crippen molar-refractivity contribution >= 4 is 12.0 Å². The Balaban J connectivity index is 2.25. The normalized spacial score (nSPS) is 18.1. The van der Waals surface area contributed by atoms with Gasteiger partial charge in [-0.3, -0.25) is 4.79 Å². The Bertz CT molecular complexity index is 531. The highest BCUT2D eigenvalue weighted by molar-refractivity contribution is 5.83. The molecule has 1 aliphatic rings. The largest absolute Gasteiger partial charge is 0.378 e. The van der Waals surface area contributed by atoms with Gasteiger partial charge in [-0.25, -0.2) is 4.98 Å². The maximum atomic E-state index is 12.1. The summed E-state index contributed by atoms with van der Waals surface area (Å²) in [5.74, 6) is 1.14. The zero-order chi connectivity index (χ0) is 15.2. The summed E-state index contributed by atoms with van der Waals surface area (Å²) in [7, 11) is 0. The molecule has 6 heteroatoms.